The summed E-state index contributed by atoms with van der Waals surface area (Å²) in [5, 5.41) is 2.90. The van der Waals surface area contributed by atoms with Gasteiger partial charge in [-0.2, -0.15) is 0 Å². The summed E-state index contributed by atoms with van der Waals surface area (Å²) >= 11 is 1.57. The fraction of sp³-hybridized carbons (Fsp3) is 0.333. The number of hydrogen-bond acceptors (Lipinski definition) is 5. The highest BCUT2D eigenvalue weighted by molar-refractivity contribution is 7.98. The van der Waals surface area contributed by atoms with E-state index in [0.717, 1.165) is 23.3 Å². The third-order valence-corrected chi connectivity index (χ3v) is 5.87. The number of rotatable bonds is 4. The number of fused-ring (bicyclic) bond motifs is 1. The molecule has 7 heteroatoms. The summed E-state index contributed by atoms with van der Waals surface area (Å²) in [7, 11) is 0. The van der Waals surface area contributed by atoms with Crippen LogP contribution in [0, 0.1) is 5.92 Å². The number of amides is 2. The number of likely N-dealkylation sites (tertiary alicyclic amines) is 1. The first-order valence-electron chi connectivity index (χ1n) is 9.28. The van der Waals surface area contributed by atoms with Crippen LogP contribution in [-0.2, 0) is 0 Å². The zero-order valence-electron chi connectivity index (χ0n) is 15.6. The predicted octanol–water partition coefficient (Wildman–Crippen LogP) is 4.26. The van der Waals surface area contributed by atoms with Crippen LogP contribution in [0.1, 0.15) is 23.2 Å². The van der Waals surface area contributed by atoms with Gasteiger partial charge >= 0.3 is 6.03 Å². The van der Waals surface area contributed by atoms with Gasteiger partial charge in [0.15, 0.2) is 17.3 Å². The normalized spacial score (nSPS) is 18.0. The lowest BCUT2D eigenvalue weighted by Gasteiger charge is -2.32. The van der Waals surface area contributed by atoms with Crippen LogP contribution in [0.15, 0.2) is 47.4 Å². The number of nitrogens with one attached hydrogen (secondary N) is 1. The Kier molecular flexibility index (Phi) is 5.43. The number of ether oxygens (including phenoxy) is 2. The molecular weight excluding hydrogens is 376 g/mol. The second-order valence-corrected chi connectivity index (χ2v) is 7.70. The maximum Gasteiger partial charge on any atom is 0.321 e. The van der Waals surface area contributed by atoms with Gasteiger partial charge in [0.25, 0.3) is 0 Å². The van der Waals surface area contributed by atoms with Crippen molar-refractivity contribution in [3.8, 4) is 11.5 Å². The Bertz CT molecular complexity index is 902. The number of carbonyl (C=O) groups excluding carboxylic acids is 2. The van der Waals surface area contributed by atoms with Gasteiger partial charge in [0.05, 0.1) is 0 Å². The number of thioether (sulfide) groups is 1. The Balaban J connectivity index is 1.43. The molecule has 2 amide bonds. The Hall–Kier alpha value is -2.67. The minimum absolute atomic E-state index is 0.116. The number of hydrogen-bond donors (Lipinski definition) is 1. The Morgan fingerprint density at radius 1 is 1.14 bits per heavy atom. The lowest BCUT2D eigenvalue weighted by molar-refractivity contribution is 0.0848. The van der Waals surface area contributed by atoms with Crippen molar-refractivity contribution >= 4 is 29.3 Å². The summed E-state index contributed by atoms with van der Waals surface area (Å²) in [6.07, 6.45) is 3.58. The molecule has 0 aliphatic carbocycles. The fourth-order valence-corrected chi connectivity index (χ4v) is 4.22. The van der Waals surface area contributed by atoms with Crippen LogP contribution in [-0.4, -0.2) is 42.9 Å². The summed E-state index contributed by atoms with van der Waals surface area (Å²) in [4.78, 5) is 28.5. The smallest absolute Gasteiger partial charge is 0.321 e. The molecule has 2 aliphatic rings. The van der Waals surface area contributed by atoms with Crippen molar-refractivity contribution in [3.63, 3.8) is 0 Å². The molecule has 28 heavy (non-hydrogen) atoms. The van der Waals surface area contributed by atoms with Crippen molar-refractivity contribution in [2.24, 2.45) is 5.92 Å². The van der Waals surface area contributed by atoms with Gasteiger partial charge in [-0.25, -0.2) is 4.79 Å². The van der Waals surface area contributed by atoms with Gasteiger partial charge in [-0.1, -0.05) is 18.2 Å². The van der Waals surface area contributed by atoms with Crippen molar-refractivity contribution < 1.29 is 19.1 Å². The van der Waals surface area contributed by atoms with E-state index in [9.17, 15) is 9.59 Å². The van der Waals surface area contributed by atoms with Crippen molar-refractivity contribution in [1.29, 1.82) is 0 Å². The molecule has 0 saturated carbocycles. The fourth-order valence-electron chi connectivity index (χ4n) is 3.62. The average molecular weight is 398 g/mol. The topological polar surface area (TPSA) is 67.9 Å². The number of anilines is 1. The molecule has 0 radical (unpaired) electrons. The number of ketones is 1. The van der Waals surface area contributed by atoms with Crippen LogP contribution in [0.4, 0.5) is 10.5 Å². The molecule has 2 heterocycles. The van der Waals surface area contributed by atoms with Crippen LogP contribution >= 0.6 is 11.8 Å². The van der Waals surface area contributed by atoms with Gasteiger partial charge in [0.2, 0.25) is 6.79 Å². The van der Waals surface area contributed by atoms with E-state index in [2.05, 4.69) is 5.32 Å². The molecule has 0 aromatic heterocycles. The standard InChI is InChI=1S/C21H22N2O4S/c1-28-19-7-3-2-6-16(19)20(24)14-5-4-10-23(12-14)21(25)22-15-8-9-17-18(11-15)27-13-26-17/h2-3,6-9,11,14H,4-5,10,12-13H2,1H3,(H,22,25)/t14-/m0/s1. The van der Waals surface area contributed by atoms with E-state index in [0.29, 0.717) is 30.3 Å². The van der Waals surface area contributed by atoms with Gasteiger partial charge in [-0.3, -0.25) is 4.79 Å². The predicted molar refractivity (Wildman–Crippen MR) is 108 cm³/mol. The molecule has 2 aliphatic heterocycles. The van der Waals surface area contributed by atoms with E-state index in [1.165, 1.54) is 0 Å². The highest BCUT2D eigenvalue weighted by atomic mass is 32.2. The maximum absolute atomic E-state index is 13.0. The largest absolute Gasteiger partial charge is 0.454 e. The second kappa shape index (κ2) is 8.14. The Morgan fingerprint density at radius 2 is 1.96 bits per heavy atom. The number of carbonyl (C=O) groups is 2. The SMILES string of the molecule is CSc1ccccc1C(=O)[C@H]1CCCN(C(=O)Nc2ccc3c(c2)OCO3)C1. The highest BCUT2D eigenvalue weighted by Crippen LogP contribution is 2.34. The number of benzene rings is 2. The van der Waals surface area contributed by atoms with Crippen LogP contribution in [0.5, 0.6) is 11.5 Å². The van der Waals surface area contributed by atoms with Crippen molar-refractivity contribution in [2.75, 3.05) is 31.5 Å². The number of piperidine rings is 1. The number of nitrogens with zero attached hydrogens (tertiary/aromatic N) is 1. The zero-order valence-corrected chi connectivity index (χ0v) is 16.5. The van der Waals surface area contributed by atoms with E-state index in [1.807, 2.05) is 30.5 Å². The maximum atomic E-state index is 13.0. The van der Waals surface area contributed by atoms with Crippen molar-refractivity contribution in [1.82, 2.24) is 4.90 Å². The van der Waals surface area contributed by atoms with Gasteiger partial charge in [0.1, 0.15) is 0 Å². The quantitative estimate of drug-likeness (QED) is 0.616. The highest BCUT2D eigenvalue weighted by Gasteiger charge is 2.30. The van der Waals surface area contributed by atoms with Crippen LogP contribution < -0.4 is 14.8 Å². The second-order valence-electron chi connectivity index (χ2n) is 6.85. The molecule has 1 saturated heterocycles. The number of Topliss-reactive ketones (excluding diaryl/α,β-unsaturated/α-hetero) is 1. The van der Waals surface area contributed by atoms with E-state index in [-0.39, 0.29) is 24.5 Å². The van der Waals surface area contributed by atoms with Crippen LogP contribution in [0.25, 0.3) is 0 Å². The average Bonchev–Trinajstić information content (AvgIpc) is 3.21. The van der Waals surface area contributed by atoms with E-state index < -0.39 is 0 Å². The minimum Gasteiger partial charge on any atom is -0.454 e. The number of urea groups is 1. The summed E-state index contributed by atoms with van der Waals surface area (Å²) in [6.45, 7) is 1.27. The third kappa shape index (κ3) is 3.80. The molecule has 2 aromatic rings. The molecule has 4 rings (SSSR count). The lowest BCUT2D eigenvalue weighted by Crippen LogP contribution is -2.44. The molecule has 1 atom stereocenters. The molecule has 1 fully saturated rings. The Labute approximate surface area is 168 Å². The van der Waals surface area contributed by atoms with E-state index in [1.54, 1.807) is 34.9 Å². The molecule has 1 N–H and O–H groups in total. The third-order valence-electron chi connectivity index (χ3n) is 5.08. The monoisotopic (exact) mass is 398 g/mol. The van der Waals surface area contributed by atoms with Crippen LogP contribution in [0.3, 0.4) is 0 Å². The molecule has 6 nitrogen and oxygen atoms in total. The van der Waals surface area contributed by atoms with E-state index >= 15 is 0 Å². The van der Waals surface area contributed by atoms with Gasteiger partial charge in [0, 0.05) is 41.2 Å². The molecular formula is C21H22N2O4S. The summed E-state index contributed by atoms with van der Waals surface area (Å²) in [5.74, 6) is 1.24. The van der Waals surface area contributed by atoms with Crippen molar-refractivity contribution in [2.45, 2.75) is 17.7 Å². The van der Waals surface area contributed by atoms with Gasteiger partial charge < -0.3 is 19.7 Å². The molecule has 2 aromatic carbocycles. The zero-order chi connectivity index (χ0) is 19.5. The first kappa shape index (κ1) is 18.7. The first-order chi connectivity index (χ1) is 13.7. The van der Waals surface area contributed by atoms with E-state index in [4.69, 9.17) is 9.47 Å². The first-order valence-corrected chi connectivity index (χ1v) is 10.5. The summed E-state index contributed by atoms with van der Waals surface area (Å²) < 4.78 is 10.6. The van der Waals surface area contributed by atoms with Crippen LogP contribution in [0.2, 0.25) is 0 Å². The molecule has 0 unspecified atom stereocenters. The molecule has 0 spiro atoms. The van der Waals surface area contributed by atoms with Crippen molar-refractivity contribution in [3.05, 3.63) is 48.0 Å². The summed E-state index contributed by atoms with van der Waals surface area (Å²) in [6, 6.07) is 12.8. The van der Waals surface area contributed by atoms with Gasteiger partial charge in [-0.15, -0.1) is 11.8 Å². The molecule has 146 valence electrons. The minimum atomic E-state index is -0.200. The summed E-state index contributed by atoms with van der Waals surface area (Å²) in [5.41, 5.74) is 1.40. The molecule has 0 bridgehead atoms. The van der Waals surface area contributed by atoms with Gasteiger partial charge in [-0.05, 0) is 37.3 Å². The lowest BCUT2D eigenvalue weighted by atomic mass is 9.90. The Morgan fingerprint density at radius 3 is 2.82 bits per heavy atom.